The second kappa shape index (κ2) is 7.10. The predicted molar refractivity (Wildman–Crippen MR) is 92.2 cm³/mol. The molecule has 2 rings (SSSR count). The molecular formula is C19H27NO2. The molecule has 3 nitrogen and oxygen atoms in total. The molecule has 1 heterocycles. The van der Waals surface area contributed by atoms with E-state index >= 15 is 0 Å². The Balaban J connectivity index is 2.44. The quantitative estimate of drug-likeness (QED) is 0.749. The summed E-state index contributed by atoms with van der Waals surface area (Å²) >= 11 is 0. The normalized spacial score (nSPS) is 13.2. The van der Waals surface area contributed by atoms with E-state index in [1.54, 1.807) is 6.07 Å². The van der Waals surface area contributed by atoms with Crippen molar-refractivity contribution >= 4 is 11.0 Å². The van der Waals surface area contributed by atoms with Gasteiger partial charge in [0, 0.05) is 24.0 Å². The van der Waals surface area contributed by atoms with Crippen LogP contribution in [0.5, 0.6) is 0 Å². The molecule has 1 aromatic heterocycles. The number of nitrogens with zero attached hydrogens (tertiary/aromatic N) is 1. The molecule has 0 bridgehead atoms. The van der Waals surface area contributed by atoms with Crippen LogP contribution < -0.4 is 5.63 Å². The van der Waals surface area contributed by atoms with Crippen molar-refractivity contribution in [3.63, 3.8) is 0 Å². The van der Waals surface area contributed by atoms with Crippen LogP contribution in [-0.2, 0) is 13.0 Å². The van der Waals surface area contributed by atoms with Crippen LogP contribution in [0, 0.1) is 5.92 Å². The van der Waals surface area contributed by atoms with Gasteiger partial charge in [-0.05, 0) is 43.0 Å². The van der Waals surface area contributed by atoms with Gasteiger partial charge < -0.3 is 4.42 Å². The Hall–Kier alpha value is -1.61. The number of benzene rings is 1. The second-order valence-corrected chi connectivity index (χ2v) is 6.32. The monoisotopic (exact) mass is 301 g/mol. The summed E-state index contributed by atoms with van der Waals surface area (Å²) in [5.41, 5.74) is 2.69. The molecule has 1 aromatic carbocycles. The van der Waals surface area contributed by atoms with Gasteiger partial charge in [0.05, 0.1) is 0 Å². The van der Waals surface area contributed by atoms with Crippen molar-refractivity contribution in [2.45, 2.75) is 53.6 Å². The molecule has 0 aliphatic carbocycles. The Morgan fingerprint density at radius 2 is 1.86 bits per heavy atom. The molecule has 0 spiro atoms. The van der Waals surface area contributed by atoms with Crippen LogP contribution in [0.15, 0.2) is 33.5 Å². The predicted octanol–water partition coefficient (Wildman–Crippen LogP) is 4.22. The highest BCUT2D eigenvalue weighted by Gasteiger charge is 2.17. The van der Waals surface area contributed by atoms with Gasteiger partial charge in [-0.1, -0.05) is 39.8 Å². The number of hydrogen-bond acceptors (Lipinski definition) is 3. The fourth-order valence-electron chi connectivity index (χ4n) is 2.81. The topological polar surface area (TPSA) is 33.5 Å². The molecule has 3 heteroatoms. The highest BCUT2D eigenvalue weighted by molar-refractivity contribution is 5.80. The number of rotatable bonds is 6. The standard InChI is InChI=1S/C19H27NO2/c1-6-15-8-9-17-16(11-19(21)22-18(17)10-15)12-20(7-2)14(5)13(3)4/h8-11,13-14H,6-7,12H2,1-5H3. The molecule has 0 radical (unpaired) electrons. The lowest BCUT2D eigenvalue weighted by atomic mass is 10.0. The minimum atomic E-state index is -0.260. The van der Waals surface area contributed by atoms with Crippen LogP contribution in [-0.4, -0.2) is 17.5 Å². The Kier molecular flexibility index (Phi) is 5.41. The van der Waals surface area contributed by atoms with Crippen LogP contribution in [0.1, 0.15) is 45.7 Å². The Labute approximate surface area is 132 Å². The third-order valence-corrected chi connectivity index (χ3v) is 4.62. The van der Waals surface area contributed by atoms with Gasteiger partial charge in [0.15, 0.2) is 0 Å². The van der Waals surface area contributed by atoms with Gasteiger partial charge in [0.1, 0.15) is 5.58 Å². The number of hydrogen-bond donors (Lipinski definition) is 0. The molecule has 1 atom stereocenters. The zero-order valence-electron chi connectivity index (χ0n) is 14.3. The molecule has 22 heavy (non-hydrogen) atoms. The van der Waals surface area contributed by atoms with Gasteiger partial charge in [0.25, 0.3) is 0 Å². The minimum absolute atomic E-state index is 0.260. The van der Waals surface area contributed by atoms with E-state index < -0.39 is 0 Å². The molecule has 0 N–H and O–H groups in total. The van der Waals surface area contributed by atoms with Crippen molar-refractivity contribution in [2.75, 3.05) is 6.54 Å². The van der Waals surface area contributed by atoms with Gasteiger partial charge in [-0.3, -0.25) is 4.90 Å². The third-order valence-electron chi connectivity index (χ3n) is 4.62. The zero-order chi connectivity index (χ0) is 16.3. The van der Waals surface area contributed by atoms with Crippen molar-refractivity contribution in [3.05, 3.63) is 45.8 Å². The SMILES string of the molecule is CCc1ccc2c(CN(CC)C(C)C(C)C)cc(=O)oc2c1. The van der Waals surface area contributed by atoms with Crippen molar-refractivity contribution in [1.82, 2.24) is 4.90 Å². The summed E-state index contributed by atoms with van der Waals surface area (Å²) in [6.45, 7) is 12.7. The fraction of sp³-hybridized carbons (Fsp3) is 0.526. The molecule has 0 aliphatic rings. The Bertz CT molecular complexity index is 687. The third kappa shape index (κ3) is 3.58. The molecule has 120 valence electrons. The summed E-state index contributed by atoms with van der Waals surface area (Å²) in [6.07, 6.45) is 0.940. The summed E-state index contributed by atoms with van der Waals surface area (Å²) in [4.78, 5) is 14.3. The molecule has 2 aromatic rings. The maximum absolute atomic E-state index is 11.9. The highest BCUT2D eigenvalue weighted by atomic mass is 16.4. The van der Waals surface area contributed by atoms with Gasteiger partial charge in [-0.15, -0.1) is 0 Å². The summed E-state index contributed by atoms with van der Waals surface area (Å²) in [6, 6.07) is 8.31. The van der Waals surface area contributed by atoms with Gasteiger partial charge in [0.2, 0.25) is 0 Å². The summed E-state index contributed by atoms with van der Waals surface area (Å²) < 4.78 is 5.39. The molecular weight excluding hydrogens is 274 g/mol. The smallest absolute Gasteiger partial charge is 0.336 e. The van der Waals surface area contributed by atoms with Crippen molar-refractivity contribution in [1.29, 1.82) is 0 Å². The lowest BCUT2D eigenvalue weighted by molar-refractivity contribution is 0.169. The van der Waals surface area contributed by atoms with E-state index in [-0.39, 0.29) is 5.63 Å². The lowest BCUT2D eigenvalue weighted by Gasteiger charge is -2.31. The molecule has 0 aliphatic heterocycles. The fourth-order valence-corrected chi connectivity index (χ4v) is 2.81. The maximum Gasteiger partial charge on any atom is 0.336 e. The number of fused-ring (bicyclic) bond motifs is 1. The first kappa shape index (κ1) is 16.8. The summed E-state index contributed by atoms with van der Waals surface area (Å²) in [5.74, 6) is 0.582. The largest absolute Gasteiger partial charge is 0.423 e. The first-order chi connectivity index (χ1) is 10.5. The molecule has 1 unspecified atom stereocenters. The zero-order valence-corrected chi connectivity index (χ0v) is 14.3. The van der Waals surface area contributed by atoms with Crippen LogP contribution in [0.25, 0.3) is 11.0 Å². The summed E-state index contributed by atoms with van der Waals surface area (Å²) in [5, 5.41) is 1.05. The first-order valence-electron chi connectivity index (χ1n) is 8.26. The average Bonchev–Trinajstić information content (AvgIpc) is 2.50. The number of aryl methyl sites for hydroxylation is 1. The molecule has 0 saturated carbocycles. The van der Waals surface area contributed by atoms with E-state index in [2.05, 4.69) is 51.7 Å². The van der Waals surface area contributed by atoms with Crippen molar-refractivity contribution < 1.29 is 4.42 Å². The van der Waals surface area contributed by atoms with Crippen LogP contribution >= 0.6 is 0 Å². The van der Waals surface area contributed by atoms with Gasteiger partial charge in [-0.2, -0.15) is 0 Å². The van der Waals surface area contributed by atoms with E-state index in [1.807, 2.05) is 6.07 Å². The van der Waals surface area contributed by atoms with Gasteiger partial charge >= 0.3 is 5.63 Å². The second-order valence-electron chi connectivity index (χ2n) is 6.32. The highest BCUT2D eigenvalue weighted by Crippen LogP contribution is 2.22. The molecule has 0 fully saturated rings. The van der Waals surface area contributed by atoms with E-state index in [1.165, 1.54) is 5.56 Å². The average molecular weight is 301 g/mol. The first-order valence-corrected chi connectivity index (χ1v) is 8.26. The van der Waals surface area contributed by atoms with E-state index in [0.29, 0.717) is 17.5 Å². The minimum Gasteiger partial charge on any atom is -0.423 e. The van der Waals surface area contributed by atoms with E-state index in [9.17, 15) is 4.79 Å². The van der Waals surface area contributed by atoms with Crippen LogP contribution in [0.2, 0.25) is 0 Å². The Morgan fingerprint density at radius 3 is 2.45 bits per heavy atom. The van der Waals surface area contributed by atoms with Gasteiger partial charge in [-0.25, -0.2) is 4.79 Å². The maximum atomic E-state index is 11.9. The molecule has 0 amide bonds. The van der Waals surface area contributed by atoms with Crippen LogP contribution in [0.4, 0.5) is 0 Å². The Morgan fingerprint density at radius 1 is 1.14 bits per heavy atom. The van der Waals surface area contributed by atoms with Crippen LogP contribution in [0.3, 0.4) is 0 Å². The van der Waals surface area contributed by atoms with E-state index in [0.717, 1.165) is 30.5 Å². The van der Waals surface area contributed by atoms with E-state index in [4.69, 9.17) is 4.42 Å². The summed E-state index contributed by atoms with van der Waals surface area (Å²) in [7, 11) is 0. The molecule has 0 saturated heterocycles. The van der Waals surface area contributed by atoms with Crippen molar-refractivity contribution in [3.8, 4) is 0 Å². The lowest BCUT2D eigenvalue weighted by Crippen LogP contribution is -2.36. The van der Waals surface area contributed by atoms with Crippen molar-refractivity contribution in [2.24, 2.45) is 5.92 Å².